The second-order valence-electron chi connectivity index (χ2n) is 10.0. The zero-order valence-electron chi connectivity index (χ0n) is 18.7. The molecule has 2 atom stereocenters. The fourth-order valence-corrected chi connectivity index (χ4v) is 6.70. The van der Waals surface area contributed by atoms with E-state index >= 15 is 0 Å². The number of nitrogens with zero attached hydrogens (tertiary/aromatic N) is 1. The first kappa shape index (κ1) is 21.2. The fourth-order valence-electron chi connectivity index (χ4n) is 6.70. The standard InChI is InChI=1S/C25H29FN2O4/c1-13-4-20(23(29)15-7-18(26)9-19(8-15)32-3)28(2)22(13)24(30)27-21-16-5-14-6-17(21)12-25(31,10-14)11-16/h4,7-9,14,16-17,21,31H,5-6,10-12H2,1-3H3,(H,27,30). The van der Waals surface area contributed by atoms with Crippen LogP contribution >= 0.6 is 0 Å². The minimum atomic E-state index is -0.555. The van der Waals surface area contributed by atoms with Crippen LogP contribution in [0.25, 0.3) is 0 Å². The lowest BCUT2D eigenvalue weighted by molar-refractivity contribution is -0.137. The van der Waals surface area contributed by atoms with Gasteiger partial charge in [0.2, 0.25) is 5.78 Å². The first-order valence-electron chi connectivity index (χ1n) is 11.3. The van der Waals surface area contributed by atoms with Crippen LogP contribution in [0.1, 0.15) is 64.2 Å². The smallest absolute Gasteiger partial charge is 0.268 e. The molecule has 0 spiro atoms. The van der Waals surface area contributed by atoms with Crippen molar-refractivity contribution in [2.75, 3.05) is 7.11 Å². The maximum atomic E-state index is 13.9. The Balaban J connectivity index is 1.39. The van der Waals surface area contributed by atoms with Crippen molar-refractivity contribution >= 4 is 11.7 Å². The predicted octanol–water partition coefficient (Wildman–Crippen LogP) is 3.38. The van der Waals surface area contributed by atoms with Crippen LogP contribution in [0.3, 0.4) is 0 Å². The third-order valence-electron chi connectivity index (χ3n) is 7.78. The van der Waals surface area contributed by atoms with Crippen LogP contribution in [0.4, 0.5) is 4.39 Å². The van der Waals surface area contributed by atoms with Crippen molar-refractivity contribution in [3.05, 3.63) is 52.6 Å². The van der Waals surface area contributed by atoms with Crippen LogP contribution in [0, 0.1) is 30.5 Å². The van der Waals surface area contributed by atoms with Gasteiger partial charge in [-0.25, -0.2) is 4.39 Å². The number of amides is 1. The lowest BCUT2D eigenvalue weighted by atomic mass is 9.52. The van der Waals surface area contributed by atoms with Crippen LogP contribution in [0.2, 0.25) is 0 Å². The van der Waals surface area contributed by atoms with E-state index in [4.69, 9.17) is 4.74 Å². The zero-order chi connectivity index (χ0) is 22.8. The molecular formula is C25H29FN2O4. The molecule has 0 radical (unpaired) electrons. The summed E-state index contributed by atoms with van der Waals surface area (Å²) in [5.41, 5.74) is 1.07. The average molecular weight is 441 g/mol. The molecule has 4 bridgehead atoms. The number of hydrogen-bond acceptors (Lipinski definition) is 4. The summed E-state index contributed by atoms with van der Waals surface area (Å²) >= 11 is 0. The van der Waals surface area contributed by atoms with Crippen LogP contribution in [-0.4, -0.2) is 40.1 Å². The molecule has 0 aliphatic heterocycles. The second-order valence-corrected chi connectivity index (χ2v) is 10.0. The number of aliphatic hydroxyl groups is 1. The summed E-state index contributed by atoms with van der Waals surface area (Å²) in [5, 5.41) is 14.0. The molecule has 6 rings (SSSR count). The van der Waals surface area contributed by atoms with Gasteiger partial charge in [-0.1, -0.05) is 0 Å². The second kappa shape index (κ2) is 7.44. The van der Waals surface area contributed by atoms with E-state index in [0.717, 1.165) is 32.1 Å². The van der Waals surface area contributed by atoms with Crippen LogP contribution < -0.4 is 10.1 Å². The number of nitrogens with one attached hydrogen (secondary N) is 1. The third-order valence-corrected chi connectivity index (χ3v) is 7.78. The van der Waals surface area contributed by atoms with Gasteiger partial charge in [-0.15, -0.1) is 0 Å². The fraction of sp³-hybridized carbons (Fsp3) is 0.520. The molecule has 7 heteroatoms. The number of ketones is 1. The Morgan fingerprint density at radius 3 is 2.47 bits per heavy atom. The molecule has 32 heavy (non-hydrogen) atoms. The molecule has 2 N–H and O–H groups in total. The highest BCUT2D eigenvalue weighted by atomic mass is 19.1. The SMILES string of the molecule is COc1cc(F)cc(C(=O)c2cc(C)c(C(=O)NC3C4CC5CC3CC(O)(C5)C4)n2C)c1. The van der Waals surface area contributed by atoms with Gasteiger partial charge in [-0.05, 0) is 80.5 Å². The van der Waals surface area contributed by atoms with Gasteiger partial charge >= 0.3 is 0 Å². The zero-order valence-corrected chi connectivity index (χ0v) is 18.7. The number of halogens is 1. The molecule has 6 nitrogen and oxygen atoms in total. The molecule has 1 aromatic heterocycles. The van der Waals surface area contributed by atoms with Crippen molar-refractivity contribution < 1.29 is 23.8 Å². The van der Waals surface area contributed by atoms with Gasteiger partial charge in [0.25, 0.3) is 5.91 Å². The Bertz CT molecular complexity index is 1090. The molecule has 2 unspecified atom stereocenters. The topological polar surface area (TPSA) is 80.6 Å². The number of carbonyl (C=O) groups is 2. The van der Waals surface area contributed by atoms with E-state index in [2.05, 4.69) is 5.32 Å². The van der Waals surface area contributed by atoms with Gasteiger partial charge in [0.1, 0.15) is 17.3 Å². The van der Waals surface area contributed by atoms with Crippen LogP contribution in [0.5, 0.6) is 5.75 Å². The highest BCUT2D eigenvalue weighted by molar-refractivity contribution is 6.09. The molecular weight excluding hydrogens is 411 g/mol. The normalized spacial score (nSPS) is 30.4. The molecule has 4 fully saturated rings. The van der Waals surface area contributed by atoms with Crippen LogP contribution in [-0.2, 0) is 7.05 Å². The molecule has 1 amide bonds. The van der Waals surface area contributed by atoms with Crippen molar-refractivity contribution in [3.8, 4) is 5.75 Å². The molecule has 1 heterocycles. The van der Waals surface area contributed by atoms with E-state index in [1.54, 1.807) is 24.6 Å². The van der Waals surface area contributed by atoms with E-state index in [9.17, 15) is 19.1 Å². The predicted molar refractivity (Wildman–Crippen MR) is 116 cm³/mol. The van der Waals surface area contributed by atoms with Crippen molar-refractivity contribution in [1.82, 2.24) is 9.88 Å². The number of carbonyl (C=O) groups excluding carboxylic acids is 2. The summed E-state index contributed by atoms with van der Waals surface area (Å²) < 4.78 is 20.6. The number of ether oxygens (including phenoxy) is 1. The highest BCUT2D eigenvalue weighted by Gasteiger charge is 2.55. The third kappa shape index (κ3) is 3.43. The van der Waals surface area contributed by atoms with Gasteiger partial charge in [0, 0.05) is 24.7 Å². The van der Waals surface area contributed by atoms with E-state index in [0.29, 0.717) is 34.7 Å². The Hall–Kier alpha value is -2.67. The number of hydrogen-bond donors (Lipinski definition) is 2. The molecule has 4 saturated carbocycles. The summed E-state index contributed by atoms with van der Waals surface area (Å²) in [7, 11) is 3.10. The summed E-state index contributed by atoms with van der Waals surface area (Å²) in [6, 6.07) is 5.61. The maximum absolute atomic E-state index is 13.9. The number of aromatic nitrogens is 1. The Morgan fingerprint density at radius 1 is 1.16 bits per heavy atom. The number of aryl methyl sites for hydroxylation is 1. The first-order chi connectivity index (χ1) is 15.2. The van der Waals surface area contributed by atoms with Gasteiger partial charge in [-0.2, -0.15) is 0 Å². The minimum Gasteiger partial charge on any atom is -0.497 e. The average Bonchev–Trinajstić information content (AvgIpc) is 3.02. The first-order valence-corrected chi connectivity index (χ1v) is 11.3. The molecule has 2 aromatic rings. The van der Waals surface area contributed by atoms with Crippen LogP contribution in [0.15, 0.2) is 24.3 Å². The summed E-state index contributed by atoms with van der Waals surface area (Å²) in [6.45, 7) is 1.80. The van der Waals surface area contributed by atoms with Gasteiger partial charge < -0.3 is 19.7 Å². The Morgan fingerprint density at radius 2 is 1.84 bits per heavy atom. The van der Waals surface area contributed by atoms with Gasteiger partial charge in [-0.3, -0.25) is 9.59 Å². The lowest BCUT2D eigenvalue weighted by Crippen LogP contribution is -2.61. The van der Waals surface area contributed by atoms with Crippen molar-refractivity contribution in [3.63, 3.8) is 0 Å². The van der Waals surface area contributed by atoms with Crippen molar-refractivity contribution in [1.29, 1.82) is 0 Å². The Kier molecular flexibility index (Phi) is 4.93. The largest absolute Gasteiger partial charge is 0.497 e. The summed E-state index contributed by atoms with van der Waals surface area (Å²) in [4.78, 5) is 26.4. The van der Waals surface area contributed by atoms with Gasteiger partial charge in [0.05, 0.1) is 18.4 Å². The number of benzene rings is 1. The van der Waals surface area contributed by atoms with E-state index in [1.165, 1.54) is 25.3 Å². The molecule has 1 aromatic carbocycles. The summed E-state index contributed by atoms with van der Waals surface area (Å²) in [6.07, 6.45) is 4.51. The van der Waals surface area contributed by atoms with E-state index in [1.807, 2.05) is 0 Å². The van der Waals surface area contributed by atoms with E-state index in [-0.39, 0.29) is 29.0 Å². The van der Waals surface area contributed by atoms with Crippen molar-refractivity contribution in [2.24, 2.45) is 24.8 Å². The quantitative estimate of drug-likeness (QED) is 0.699. The maximum Gasteiger partial charge on any atom is 0.268 e. The minimum absolute atomic E-state index is 0.0558. The number of methoxy groups -OCH3 is 1. The molecule has 170 valence electrons. The Labute approximate surface area is 186 Å². The van der Waals surface area contributed by atoms with E-state index < -0.39 is 11.4 Å². The summed E-state index contributed by atoms with van der Waals surface area (Å²) in [5.74, 6) is 0.304. The molecule has 4 aliphatic rings. The highest BCUT2D eigenvalue weighted by Crippen LogP contribution is 2.55. The lowest BCUT2D eigenvalue weighted by Gasteiger charge is -2.58. The molecule has 0 saturated heterocycles. The van der Waals surface area contributed by atoms with Crippen molar-refractivity contribution in [2.45, 2.75) is 50.7 Å². The monoisotopic (exact) mass is 440 g/mol. The molecule has 4 aliphatic carbocycles. The number of rotatable bonds is 5. The van der Waals surface area contributed by atoms with Gasteiger partial charge in [0.15, 0.2) is 0 Å².